The number of rotatable bonds is 5. The van der Waals surface area contributed by atoms with Gasteiger partial charge < -0.3 is 0 Å². The predicted octanol–water partition coefficient (Wildman–Crippen LogP) is 4.28. The van der Waals surface area contributed by atoms with Gasteiger partial charge in [0.05, 0.1) is 13.8 Å². The highest BCUT2D eigenvalue weighted by Gasteiger charge is 2.21. The molecule has 0 aromatic carbocycles. The first kappa shape index (κ1) is 16.3. The van der Waals surface area contributed by atoms with E-state index in [0.717, 1.165) is 17.7 Å². The maximum absolute atomic E-state index is 4.56. The van der Waals surface area contributed by atoms with Gasteiger partial charge in [0.25, 0.3) is 0 Å². The van der Waals surface area contributed by atoms with Gasteiger partial charge in [0.1, 0.15) is 0 Å². The number of pyridine rings is 1. The van der Waals surface area contributed by atoms with Crippen LogP contribution in [0.5, 0.6) is 0 Å². The highest BCUT2D eigenvalue weighted by Crippen LogP contribution is 2.22. The third-order valence-electron chi connectivity index (χ3n) is 3.08. The summed E-state index contributed by atoms with van der Waals surface area (Å²) in [6.07, 6.45) is 3.13. The fourth-order valence-electron chi connectivity index (χ4n) is 2.09. The van der Waals surface area contributed by atoms with Crippen molar-refractivity contribution >= 4 is 31.5 Å². The highest BCUT2D eigenvalue weighted by molar-refractivity contribution is 7.85. The Morgan fingerprint density at radius 3 is 2.32 bits per heavy atom. The Hall–Kier alpha value is -0.803. The summed E-state index contributed by atoms with van der Waals surface area (Å²) in [5.41, 5.74) is 3.13. The van der Waals surface area contributed by atoms with E-state index in [2.05, 4.69) is 70.3 Å². The summed E-state index contributed by atoms with van der Waals surface area (Å²) in [5.74, 6) is 0.637. The molecule has 1 heterocycles. The Labute approximate surface area is 124 Å². The van der Waals surface area contributed by atoms with Crippen LogP contribution in [-0.4, -0.2) is 13.1 Å². The minimum Gasteiger partial charge on any atom is -0.256 e. The maximum Gasteiger partial charge on any atom is 0.0799 e. The minimum atomic E-state index is -1.36. The molecular weight excluding hydrogens is 266 g/mol. The lowest BCUT2D eigenvalue weighted by molar-refractivity contribution is 0.648. The average molecular weight is 292 g/mol. The normalized spacial score (nSPS) is 11.7. The van der Waals surface area contributed by atoms with E-state index in [-0.39, 0.29) is 0 Å². The Morgan fingerprint density at radius 2 is 1.89 bits per heavy atom. The molecule has 0 saturated heterocycles. The Kier molecular flexibility index (Phi) is 5.22. The molecule has 0 aliphatic heterocycles. The van der Waals surface area contributed by atoms with E-state index in [0.29, 0.717) is 10.8 Å². The Morgan fingerprint density at radius 1 is 1.32 bits per heavy atom. The van der Waals surface area contributed by atoms with Gasteiger partial charge in [-0.3, -0.25) is 4.98 Å². The molecule has 0 spiro atoms. The SMILES string of the molecule is C=C(S)C(=C)c1cc(CC(C)C)c([Si](C)(C)C)cn1. The lowest BCUT2D eigenvalue weighted by Crippen LogP contribution is -2.41. The van der Waals surface area contributed by atoms with Crippen LogP contribution < -0.4 is 5.19 Å². The summed E-state index contributed by atoms with van der Waals surface area (Å²) in [5, 5.41) is 1.45. The van der Waals surface area contributed by atoms with Gasteiger partial charge >= 0.3 is 0 Å². The molecule has 19 heavy (non-hydrogen) atoms. The fourth-order valence-corrected chi connectivity index (χ4v) is 3.80. The van der Waals surface area contributed by atoms with Crippen molar-refractivity contribution in [3.8, 4) is 0 Å². The first-order valence-corrected chi connectivity index (χ1v) is 10.6. The van der Waals surface area contributed by atoms with E-state index in [4.69, 9.17) is 0 Å². The van der Waals surface area contributed by atoms with Gasteiger partial charge in [-0.1, -0.05) is 46.6 Å². The summed E-state index contributed by atoms with van der Waals surface area (Å²) in [7, 11) is -1.36. The summed E-state index contributed by atoms with van der Waals surface area (Å²) in [6, 6.07) is 2.18. The summed E-state index contributed by atoms with van der Waals surface area (Å²) in [4.78, 5) is 5.24. The van der Waals surface area contributed by atoms with Gasteiger partial charge in [0.15, 0.2) is 0 Å². The summed E-state index contributed by atoms with van der Waals surface area (Å²) in [6.45, 7) is 19.4. The van der Waals surface area contributed by atoms with Crippen LogP contribution in [0, 0.1) is 5.92 Å². The second kappa shape index (κ2) is 6.10. The van der Waals surface area contributed by atoms with E-state index >= 15 is 0 Å². The molecule has 0 aliphatic carbocycles. The zero-order valence-electron chi connectivity index (χ0n) is 12.7. The first-order chi connectivity index (χ1) is 8.62. The fraction of sp³-hybridized carbons (Fsp3) is 0.438. The predicted molar refractivity (Wildman–Crippen MR) is 92.9 cm³/mol. The molecule has 3 heteroatoms. The van der Waals surface area contributed by atoms with Crippen molar-refractivity contribution in [2.24, 2.45) is 5.92 Å². The van der Waals surface area contributed by atoms with Crippen LogP contribution in [0.3, 0.4) is 0 Å². The van der Waals surface area contributed by atoms with Gasteiger partial charge in [0.2, 0.25) is 0 Å². The number of nitrogens with zero attached hydrogens (tertiary/aromatic N) is 1. The summed E-state index contributed by atoms with van der Waals surface area (Å²) >= 11 is 4.27. The second-order valence-electron chi connectivity index (χ2n) is 6.50. The van der Waals surface area contributed by atoms with Gasteiger partial charge in [-0.15, -0.1) is 12.6 Å². The molecule has 0 aliphatic rings. The first-order valence-electron chi connectivity index (χ1n) is 6.70. The molecule has 0 N–H and O–H groups in total. The number of aromatic nitrogens is 1. The molecule has 0 atom stereocenters. The monoisotopic (exact) mass is 291 g/mol. The molecule has 1 nitrogen and oxygen atoms in total. The zero-order chi connectivity index (χ0) is 14.8. The highest BCUT2D eigenvalue weighted by atomic mass is 32.1. The molecule has 0 amide bonds. The lowest BCUT2D eigenvalue weighted by atomic mass is 10.0. The lowest BCUT2D eigenvalue weighted by Gasteiger charge is -2.22. The molecule has 1 rings (SSSR count). The molecule has 104 valence electrons. The summed E-state index contributed by atoms with van der Waals surface area (Å²) < 4.78 is 0. The number of hydrogen-bond acceptors (Lipinski definition) is 2. The van der Waals surface area contributed by atoms with Crippen LogP contribution in [0.25, 0.3) is 5.57 Å². The van der Waals surface area contributed by atoms with Gasteiger partial charge in [-0.25, -0.2) is 0 Å². The zero-order valence-corrected chi connectivity index (χ0v) is 14.6. The molecule has 0 radical (unpaired) electrons. The van der Waals surface area contributed by atoms with Gasteiger partial charge in [0, 0.05) is 16.7 Å². The Balaban J connectivity index is 3.30. The molecule has 1 aromatic heterocycles. The van der Waals surface area contributed by atoms with E-state index in [1.54, 1.807) is 0 Å². The molecule has 1 aromatic rings. The topological polar surface area (TPSA) is 12.9 Å². The second-order valence-corrected chi connectivity index (χ2v) is 12.1. The van der Waals surface area contributed by atoms with Gasteiger partial charge in [-0.2, -0.15) is 0 Å². The van der Waals surface area contributed by atoms with Crippen molar-refractivity contribution in [2.45, 2.75) is 39.9 Å². The largest absolute Gasteiger partial charge is 0.256 e. The van der Waals surface area contributed by atoms with E-state index in [1.807, 2.05) is 6.20 Å². The number of allylic oxidation sites excluding steroid dienone is 1. The van der Waals surface area contributed by atoms with Crippen LogP contribution in [0.2, 0.25) is 19.6 Å². The van der Waals surface area contributed by atoms with Crippen molar-refractivity contribution < 1.29 is 0 Å². The minimum absolute atomic E-state index is 0.637. The third kappa shape index (κ3) is 4.36. The smallest absolute Gasteiger partial charge is 0.0799 e. The van der Waals surface area contributed by atoms with Crippen LogP contribution in [0.15, 0.2) is 30.3 Å². The average Bonchev–Trinajstić information content (AvgIpc) is 2.25. The van der Waals surface area contributed by atoms with E-state index < -0.39 is 8.07 Å². The van der Waals surface area contributed by atoms with Crippen LogP contribution >= 0.6 is 12.6 Å². The van der Waals surface area contributed by atoms with Crippen LogP contribution in [0.1, 0.15) is 25.1 Å². The molecule has 0 bridgehead atoms. The molecular formula is C16H25NSSi. The van der Waals surface area contributed by atoms with Crippen molar-refractivity contribution in [2.75, 3.05) is 0 Å². The molecule has 0 saturated carbocycles. The van der Waals surface area contributed by atoms with Crippen molar-refractivity contribution in [3.63, 3.8) is 0 Å². The number of thiol groups is 1. The third-order valence-corrected chi connectivity index (χ3v) is 5.42. The van der Waals surface area contributed by atoms with Crippen molar-refractivity contribution in [1.82, 2.24) is 4.98 Å². The van der Waals surface area contributed by atoms with Crippen LogP contribution in [-0.2, 0) is 6.42 Å². The standard InChI is InChI=1S/C16H25NSSi/c1-11(2)8-14-9-15(12(3)13(4)18)17-10-16(14)19(5,6)7/h9-11,18H,3-4,8H2,1-2,5-7H3. The van der Waals surface area contributed by atoms with Crippen LogP contribution in [0.4, 0.5) is 0 Å². The van der Waals surface area contributed by atoms with Crippen molar-refractivity contribution in [1.29, 1.82) is 0 Å². The Bertz CT molecular complexity index is 498. The van der Waals surface area contributed by atoms with Crippen molar-refractivity contribution in [3.05, 3.63) is 41.6 Å². The van der Waals surface area contributed by atoms with E-state index in [1.165, 1.54) is 10.8 Å². The van der Waals surface area contributed by atoms with Gasteiger partial charge in [-0.05, 0) is 29.2 Å². The van der Waals surface area contributed by atoms with E-state index in [9.17, 15) is 0 Å². The maximum atomic E-state index is 4.56. The quantitative estimate of drug-likeness (QED) is 0.485. The molecule has 0 unspecified atom stereocenters. The molecule has 0 fully saturated rings. The number of hydrogen-bond donors (Lipinski definition) is 1.